The molecule has 6 heteroatoms. The maximum Gasteiger partial charge on any atom is 0.308 e. The molecule has 5 nitrogen and oxygen atoms in total. The number of nitrogens with zero attached hydrogens (tertiary/aromatic N) is 2. The van der Waals surface area contributed by atoms with E-state index in [9.17, 15) is 9.59 Å². The van der Waals surface area contributed by atoms with E-state index in [1.54, 1.807) is 4.90 Å². The molecular formula is C18H19BrN2O3. The highest BCUT2D eigenvalue weighted by atomic mass is 79.9. The van der Waals surface area contributed by atoms with Crippen LogP contribution in [0.4, 0.5) is 0 Å². The molecule has 24 heavy (non-hydrogen) atoms. The van der Waals surface area contributed by atoms with Crippen LogP contribution in [0.5, 0.6) is 0 Å². The predicted molar refractivity (Wildman–Crippen MR) is 94.6 cm³/mol. The number of halogens is 1. The number of carbonyl (C=O) groups excluding carboxylic acids is 1. The van der Waals surface area contributed by atoms with Gasteiger partial charge in [-0.3, -0.25) is 9.59 Å². The second-order valence-corrected chi connectivity index (χ2v) is 7.09. The molecule has 1 N–H and O–H groups in total. The molecule has 1 saturated heterocycles. The van der Waals surface area contributed by atoms with E-state index < -0.39 is 11.9 Å². The molecule has 1 aliphatic heterocycles. The van der Waals surface area contributed by atoms with Gasteiger partial charge in [-0.1, -0.05) is 15.9 Å². The Labute approximate surface area is 149 Å². The Bertz CT molecular complexity index is 795. The van der Waals surface area contributed by atoms with Crippen molar-refractivity contribution < 1.29 is 14.7 Å². The summed E-state index contributed by atoms with van der Waals surface area (Å²) in [5.74, 6) is -1.37. The summed E-state index contributed by atoms with van der Waals surface area (Å²) in [4.78, 5) is 25.5. The highest BCUT2D eigenvalue weighted by Gasteiger charge is 2.32. The van der Waals surface area contributed by atoms with Gasteiger partial charge in [-0.15, -0.1) is 0 Å². The number of carboxylic acid groups (broad SMARTS) is 1. The summed E-state index contributed by atoms with van der Waals surface area (Å²) in [6, 6.07) is 9.80. The van der Waals surface area contributed by atoms with Crippen LogP contribution in [0.1, 0.15) is 28.2 Å². The number of likely N-dealkylation sites (tertiary alicyclic amines) is 1. The highest BCUT2D eigenvalue weighted by molar-refractivity contribution is 9.10. The fourth-order valence-electron chi connectivity index (χ4n) is 3.28. The molecule has 1 atom stereocenters. The van der Waals surface area contributed by atoms with Crippen molar-refractivity contribution in [2.24, 2.45) is 5.92 Å². The maximum absolute atomic E-state index is 12.8. The number of aliphatic carboxylic acids is 1. The Morgan fingerprint density at radius 1 is 1.21 bits per heavy atom. The summed E-state index contributed by atoms with van der Waals surface area (Å²) >= 11 is 3.43. The summed E-state index contributed by atoms with van der Waals surface area (Å²) in [7, 11) is 0. The molecule has 3 rings (SSSR count). The SMILES string of the molecule is Cc1cc(C(=O)N2CCC(C(=O)O)C2)c(C)n1-c1ccc(Br)cc1. The molecule has 2 aromatic rings. The van der Waals surface area contributed by atoms with Gasteiger partial charge >= 0.3 is 5.97 Å². The third kappa shape index (κ3) is 2.98. The average Bonchev–Trinajstić information content (AvgIpc) is 3.14. The zero-order chi connectivity index (χ0) is 17.4. The van der Waals surface area contributed by atoms with Crippen LogP contribution in [-0.2, 0) is 4.79 Å². The summed E-state index contributed by atoms with van der Waals surface area (Å²) < 4.78 is 3.05. The Hall–Kier alpha value is -2.08. The predicted octanol–water partition coefficient (Wildman–Crippen LogP) is 3.40. The number of aryl methyl sites for hydroxylation is 1. The number of amides is 1. The van der Waals surface area contributed by atoms with Crippen molar-refractivity contribution in [1.29, 1.82) is 0 Å². The second-order valence-electron chi connectivity index (χ2n) is 6.17. The van der Waals surface area contributed by atoms with Gasteiger partial charge in [0.05, 0.1) is 11.5 Å². The minimum absolute atomic E-state index is 0.0878. The van der Waals surface area contributed by atoms with Gasteiger partial charge in [0.2, 0.25) is 0 Å². The van der Waals surface area contributed by atoms with E-state index in [1.807, 2.05) is 48.7 Å². The van der Waals surface area contributed by atoms with Crippen LogP contribution < -0.4 is 0 Å². The number of aromatic nitrogens is 1. The number of benzene rings is 1. The van der Waals surface area contributed by atoms with Gasteiger partial charge in [-0.25, -0.2) is 0 Å². The van der Waals surface area contributed by atoms with Gasteiger partial charge in [0, 0.05) is 34.6 Å². The molecule has 2 heterocycles. The van der Waals surface area contributed by atoms with Gasteiger partial charge < -0.3 is 14.6 Å². The summed E-state index contributed by atoms with van der Waals surface area (Å²) in [5.41, 5.74) is 3.49. The monoisotopic (exact) mass is 390 g/mol. The number of carboxylic acids is 1. The lowest BCUT2D eigenvalue weighted by atomic mass is 10.1. The van der Waals surface area contributed by atoms with Crippen LogP contribution in [0, 0.1) is 19.8 Å². The van der Waals surface area contributed by atoms with Crippen molar-refractivity contribution in [3.8, 4) is 5.69 Å². The fourth-order valence-corrected chi connectivity index (χ4v) is 3.55. The van der Waals surface area contributed by atoms with Crippen LogP contribution in [0.3, 0.4) is 0 Å². The minimum Gasteiger partial charge on any atom is -0.481 e. The first-order valence-electron chi connectivity index (χ1n) is 7.85. The van der Waals surface area contributed by atoms with E-state index >= 15 is 0 Å². The molecule has 0 spiro atoms. The third-order valence-corrected chi connectivity index (χ3v) is 5.10. The third-order valence-electron chi connectivity index (χ3n) is 4.57. The highest BCUT2D eigenvalue weighted by Crippen LogP contribution is 2.25. The zero-order valence-electron chi connectivity index (χ0n) is 13.6. The van der Waals surface area contributed by atoms with Crippen molar-refractivity contribution in [3.05, 3.63) is 51.8 Å². The molecule has 1 aromatic heterocycles. The Balaban J connectivity index is 1.90. The molecule has 0 bridgehead atoms. The van der Waals surface area contributed by atoms with Crippen LogP contribution in [0.25, 0.3) is 5.69 Å². The lowest BCUT2D eigenvalue weighted by Gasteiger charge is -2.16. The molecule has 126 valence electrons. The Morgan fingerprint density at radius 3 is 2.46 bits per heavy atom. The molecule has 0 aliphatic carbocycles. The largest absolute Gasteiger partial charge is 0.481 e. The normalized spacial score (nSPS) is 17.3. The van der Waals surface area contributed by atoms with Crippen LogP contribution >= 0.6 is 15.9 Å². The van der Waals surface area contributed by atoms with Gasteiger partial charge in [0.1, 0.15) is 0 Å². The lowest BCUT2D eigenvalue weighted by Crippen LogP contribution is -2.30. The number of carbonyl (C=O) groups is 2. The Kier molecular flexibility index (Phi) is 4.49. The number of hydrogen-bond donors (Lipinski definition) is 1. The van der Waals surface area contributed by atoms with E-state index in [1.165, 1.54) is 0 Å². The van der Waals surface area contributed by atoms with E-state index in [4.69, 9.17) is 5.11 Å². The fraction of sp³-hybridized carbons (Fsp3) is 0.333. The first-order valence-corrected chi connectivity index (χ1v) is 8.64. The molecule has 1 unspecified atom stereocenters. The minimum atomic E-state index is -0.828. The van der Waals surface area contributed by atoms with Crippen molar-refractivity contribution in [2.75, 3.05) is 13.1 Å². The van der Waals surface area contributed by atoms with E-state index in [0.717, 1.165) is 21.5 Å². The average molecular weight is 391 g/mol. The molecule has 1 amide bonds. The van der Waals surface area contributed by atoms with Crippen molar-refractivity contribution in [1.82, 2.24) is 9.47 Å². The molecular weight excluding hydrogens is 372 g/mol. The second kappa shape index (κ2) is 6.43. The van der Waals surface area contributed by atoms with Crippen LogP contribution in [0.15, 0.2) is 34.8 Å². The molecule has 1 aromatic carbocycles. The molecule has 0 saturated carbocycles. The van der Waals surface area contributed by atoms with Gasteiger partial charge in [0.15, 0.2) is 0 Å². The lowest BCUT2D eigenvalue weighted by molar-refractivity contribution is -0.141. The van der Waals surface area contributed by atoms with Crippen LogP contribution in [0.2, 0.25) is 0 Å². The smallest absolute Gasteiger partial charge is 0.308 e. The molecule has 1 aliphatic rings. The number of rotatable bonds is 3. The van der Waals surface area contributed by atoms with E-state index in [0.29, 0.717) is 18.5 Å². The maximum atomic E-state index is 12.8. The molecule has 1 fully saturated rings. The summed E-state index contributed by atoms with van der Waals surface area (Å²) in [6.45, 7) is 4.68. The van der Waals surface area contributed by atoms with Gasteiger partial charge in [-0.05, 0) is 50.6 Å². The summed E-state index contributed by atoms with van der Waals surface area (Å²) in [5, 5.41) is 9.11. The van der Waals surface area contributed by atoms with E-state index in [2.05, 4.69) is 15.9 Å². The van der Waals surface area contributed by atoms with Gasteiger partial charge in [0.25, 0.3) is 5.91 Å². The van der Waals surface area contributed by atoms with Crippen LogP contribution in [-0.4, -0.2) is 39.5 Å². The quantitative estimate of drug-likeness (QED) is 0.873. The van der Waals surface area contributed by atoms with Crippen molar-refractivity contribution in [2.45, 2.75) is 20.3 Å². The number of hydrogen-bond acceptors (Lipinski definition) is 2. The zero-order valence-corrected chi connectivity index (χ0v) is 15.2. The van der Waals surface area contributed by atoms with Crippen molar-refractivity contribution in [3.63, 3.8) is 0 Å². The topological polar surface area (TPSA) is 62.5 Å². The summed E-state index contributed by atoms with van der Waals surface area (Å²) in [6.07, 6.45) is 0.520. The van der Waals surface area contributed by atoms with Gasteiger partial charge in [-0.2, -0.15) is 0 Å². The first kappa shape index (κ1) is 16.8. The standard InChI is InChI=1S/C18H19BrN2O3/c1-11-9-16(17(22)20-8-7-13(10-20)18(23)24)12(2)21(11)15-5-3-14(19)4-6-15/h3-6,9,13H,7-8,10H2,1-2H3,(H,23,24). The first-order chi connectivity index (χ1) is 11.4. The van der Waals surface area contributed by atoms with Crippen molar-refractivity contribution >= 4 is 27.8 Å². The Morgan fingerprint density at radius 2 is 1.88 bits per heavy atom. The molecule has 0 radical (unpaired) electrons. The van der Waals surface area contributed by atoms with E-state index in [-0.39, 0.29) is 12.5 Å².